The highest BCUT2D eigenvalue weighted by Crippen LogP contribution is 2.28. The Morgan fingerprint density at radius 2 is 1.90 bits per heavy atom. The summed E-state index contributed by atoms with van der Waals surface area (Å²) in [5.41, 5.74) is 6.45. The summed E-state index contributed by atoms with van der Waals surface area (Å²) < 4.78 is 24.8. The average molecular weight is 275 g/mol. The lowest BCUT2D eigenvalue weighted by Gasteiger charge is -2.11. The molecule has 0 spiro atoms. The molecule has 0 heterocycles. The number of ether oxygens (including phenoxy) is 2. The van der Waals surface area contributed by atoms with Crippen molar-refractivity contribution < 1.29 is 13.9 Å². The van der Waals surface area contributed by atoms with Crippen LogP contribution in [0.25, 0.3) is 0 Å². The van der Waals surface area contributed by atoms with Crippen LogP contribution in [0.5, 0.6) is 17.2 Å². The number of hydrogen-bond acceptors (Lipinski definition) is 3. The van der Waals surface area contributed by atoms with Gasteiger partial charge in [0, 0.05) is 12.1 Å². The summed E-state index contributed by atoms with van der Waals surface area (Å²) in [6.45, 7) is 4.28. The fraction of sp³-hybridized carbons (Fsp3) is 0.250. The van der Waals surface area contributed by atoms with E-state index in [0.29, 0.717) is 18.1 Å². The molecule has 0 radical (unpaired) electrons. The lowest BCUT2D eigenvalue weighted by atomic mass is 10.1. The molecule has 0 saturated carbocycles. The zero-order valence-electron chi connectivity index (χ0n) is 11.6. The zero-order chi connectivity index (χ0) is 14.5. The maximum atomic E-state index is 13.9. The van der Waals surface area contributed by atoms with Crippen molar-refractivity contribution in [2.45, 2.75) is 19.9 Å². The van der Waals surface area contributed by atoms with E-state index in [1.165, 1.54) is 6.07 Å². The fourth-order valence-electron chi connectivity index (χ4n) is 1.80. The van der Waals surface area contributed by atoms with Crippen LogP contribution < -0.4 is 15.2 Å². The van der Waals surface area contributed by atoms with Crippen LogP contribution in [-0.2, 0) is 0 Å². The van der Waals surface area contributed by atoms with Crippen LogP contribution in [0.1, 0.15) is 25.5 Å². The second-order valence-electron chi connectivity index (χ2n) is 4.49. The van der Waals surface area contributed by atoms with Gasteiger partial charge in [0.2, 0.25) is 0 Å². The van der Waals surface area contributed by atoms with Gasteiger partial charge in [-0.2, -0.15) is 0 Å². The highest BCUT2D eigenvalue weighted by atomic mass is 19.1. The number of benzene rings is 2. The second kappa shape index (κ2) is 6.39. The van der Waals surface area contributed by atoms with Gasteiger partial charge in [0.15, 0.2) is 11.6 Å². The van der Waals surface area contributed by atoms with E-state index in [1.807, 2.05) is 13.0 Å². The molecular weight excluding hydrogens is 257 g/mol. The molecule has 0 aliphatic heterocycles. The summed E-state index contributed by atoms with van der Waals surface area (Å²) in [5, 5.41) is 0. The molecule has 2 aromatic carbocycles. The van der Waals surface area contributed by atoms with Gasteiger partial charge in [-0.05, 0) is 43.7 Å². The minimum Gasteiger partial charge on any atom is -0.494 e. The van der Waals surface area contributed by atoms with Crippen molar-refractivity contribution in [1.29, 1.82) is 0 Å². The Morgan fingerprint density at radius 1 is 1.15 bits per heavy atom. The van der Waals surface area contributed by atoms with E-state index in [0.717, 1.165) is 5.56 Å². The number of nitrogens with two attached hydrogens (primary N) is 1. The topological polar surface area (TPSA) is 44.5 Å². The van der Waals surface area contributed by atoms with Crippen LogP contribution in [0.2, 0.25) is 0 Å². The van der Waals surface area contributed by atoms with E-state index in [2.05, 4.69) is 0 Å². The maximum Gasteiger partial charge on any atom is 0.166 e. The Hall–Kier alpha value is -2.07. The third-order valence-electron chi connectivity index (χ3n) is 2.83. The molecule has 0 saturated heterocycles. The molecule has 3 nitrogen and oxygen atoms in total. The van der Waals surface area contributed by atoms with Crippen LogP contribution in [0.3, 0.4) is 0 Å². The van der Waals surface area contributed by atoms with Crippen molar-refractivity contribution in [3.8, 4) is 17.2 Å². The van der Waals surface area contributed by atoms with Crippen molar-refractivity contribution in [2.75, 3.05) is 6.61 Å². The minimum atomic E-state index is -0.429. The van der Waals surface area contributed by atoms with Gasteiger partial charge in [-0.1, -0.05) is 12.1 Å². The van der Waals surface area contributed by atoms with E-state index in [9.17, 15) is 4.39 Å². The predicted octanol–water partition coefficient (Wildman–Crippen LogP) is 4.04. The van der Waals surface area contributed by atoms with Gasteiger partial charge >= 0.3 is 0 Å². The van der Waals surface area contributed by atoms with Crippen LogP contribution >= 0.6 is 0 Å². The van der Waals surface area contributed by atoms with Gasteiger partial charge in [-0.25, -0.2) is 4.39 Å². The Bertz CT molecular complexity index is 584. The van der Waals surface area contributed by atoms with Crippen LogP contribution in [-0.4, -0.2) is 6.61 Å². The van der Waals surface area contributed by atoms with Gasteiger partial charge in [-0.15, -0.1) is 0 Å². The first kappa shape index (κ1) is 14.3. The molecule has 2 N–H and O–H groups in total. The SMILES string of the molecule is CCOc1cccc(Oc2ccc(C(C)N)cc2F)c1. The standard InChI is InChI=1S/C16H18FNO2/c1-3-19-13-5-4-6-14(10-13)20-16-8-7-12(11(2)18)9-15(16)17/h4-11H,3,18H2,1-2H3. The third kappa shape index (κ3) is 3.48. The summed E-state index contributed by atoms with van der Waals surface area (Å²) >= 11 is 0. The Kier molecular flexibility index (Phi) is 4.58. The van der Waals surface area contributed by atoms with Gasteiger partial charge in [-0.3, -0.25) is 0 Å². The van der Waals surface area contributed by atoms with Crippen LogP contribution in [0.15, 0.2) is 42.5 Å². The molecular formula is C16H18FNO2. The van der Waals surface area contributed by atoms with Crippen molar-refractivity contribution in [2.24, 2.45) is 5.73 Å². The average Bonchev–Trinajstić information content (AvgIpc) is 2.42. The Balaban J connectivity index is 2.19. The highest BCUT2D eigenvalue weighted by molar-refractivity contribution is 5.38. The summed E-state index contributed by atoms with van der Waals surface area (Å²) in [4.78, 5) is 0. The fourth-order valence-corrected chi connectivity index (χ4v) is 1.80. The molecule has 0 aromatic heterocycles. The van der Waals surface area contributed by atoms with E-state index in [4.69, 9.17) is 15.2 Å². The third-order valence-corrected chi connectivity index (χ3v) is 2.83. The van der Waals surface area contributed by atoms with Gasteiger partial charge in [0.1, 0.15) is 11.5 Å². The molecule has 0 aliphatic rings. The Morgan fingerprint density at radius 3 is 2.55 bits per heavy atom. The van der Waals surface area contributed by atoms with Crippen molar-refractivity contribution >= 4 is 0 Å². The normalized spacial score (nSPS) is 12.0. The van der Waals surface area contributed by atoms with E-state index in [1.54, 1.807) is 37.3 Å². The van der Waals surface area contributed by atoms with Crippen molar-refractivity contribution in [3.05, 3.63) is 53.8 Å². The summed E-state index contributed by atoms with van der Waals surface area (Å²) in [6, 6.07) is 11.6. The second-order valence-corrected chi connectivity index (χ2v) is 4.49. The van der Waals surface area contributed by atoms with E-state index in [-0.39, 0.29) is 11.8 Å². The Labute approximate surface area is 118 Å². The van der Waals surface area contributed by atoms with Gasteiger partial charge in [0.25, 0.3) is 0 Å². The number of rotatable bonds is 5. The van der Waals surface area contributed by atoms with Crippen molar-refractivity contribution in [3.63, 3.8) is 0 Å². The first-order valence-corrected chi connectivity index (χ1v) is 6.56. The quantitative estimate of drug-likeness (QED) is 0.895. The molecule has 0 fully saturated rings. The summed E-state index contributed by atoms with van der Waals surface area (Å²) in [6.07, 6.45) is 0. The molecule has 106 valence electrons. The molecule has 20 heavy (non-hydrogen) atoms. The summed E-state index contributed by atoms with van der Waals surface area (Å²) in [5.74, 6) is 0.964. The van der Waals surface area contributed by atoms with E-state index >= 15 is 0 Å². The van der Waals surface area contributed by atoms with Gasteiger partial charge < -0.3 is 15.2 Å². The molecule has 0 amide bonds. The largest absolute Gasteiger partial charge is 0.494 e. The minimum absolute atomic E-state index is 0.169. The monoisotopic (exact) mass is 275 g/mol. The molecule has 0 bridgehead atoms. The lowest BCUT2D eigenvalue weighted by Crippen LogP contribution is -2.05. The molecule has 1 unspecified atom stereocenters. The number of hydrogen-bond donors (Lipinski definition) is 1. The first-order valence-electron chi connectivity index (χ1n) is 6.56. The molecule has 2 aromatic rings. The maximum absolute atomic E-state index is 13.9. The van der Waals surface area contributed by atoms with Gasteiger partial charge in [0.05, 0.1) is 6.61 Å². The first-order chi connectivity index (χ1) is 9.60. The number of halogens is 1. The predicted molar refractivity (Wildman–Crippen MR) is 76.7 cm³/mol. The molecule has 4 heteroatoms. The smallest absolute Gasteiger partial charge is 0.166 e. The molecule has 2 rings (SSSR count). The van der Waals surface area contributed by atoms with Crippen LogP contribution in [0, 0.1) is 5.82 Å². The highest BCUT2D eigenvalue weighted by Gasteiger charge is 2.08. The van der Waals surface area contributed by atoms with E-state index < -0.39 is 5.82 Å². The molecule has 0 aliphatic carbocycles. The van der Waals surface area contributed by atoms with Crippen molar-refractivity contribution in [1.82, 2.24) is 0 Å². The zero-order valence-corrected chi connectivity index (χ0v) is 11.6. The lowest BCUT2D eigenvalue weighted by molar-refractivity contribution is 0.337. The molecule has 1 atom stereocenters. The summed E-state index contributed by atoms with van der Waals surface area (Å²) in [7, 11) is 0. The van der Waals surface area contributed by atoms with Crippen LogP contribution in [0.4, 0.5) is 4.39 Å².